The van der Waals surface area contributed by atoms with Crippen molar-refractivity contribution in [3.05, 3.63) is 73.1 Å². The van der Waals surface area contributed by atoms with Crippen molar-refractivity contribution in [2.45, 2.75) is 9.92 Å². The predicted molar refractivity (Wildman–Crippen MR) is 117 cm³/mol. The summed E-state index contributed by atoms with van der Waals surface area (Å²) in [7, 11) is 0. The lowest BCUT2D eigenvalue weighted by molar-refractivity contribution is -0.122. The molecule has 4 rings (SSSR count). The molecule has 2 aromatic carbocycles. The molecule has 10 heteroatoms. The molecule has 0 aliphatic rings. The van der Waals surface area contributed by atoms with Crippen molar-refractivity contribution in [2.24, 2.45) is 0 Å². The largest absolute Gasteiger partial charge is 0.483 e. The van der Waals surface area contributed by atoms with Gasteiger partial charge in [0.15, 0.2) is 0 Å². The highest BCUT2D eigenvalue weighted by atomic mass is 32.2. The number of rotatable bonds is 4. The van der Waals surface area contributed by atoms with Gasteiger partial charge in [-0.05, 0) is 23.3 Å². The van der Waals surface area contributed by atoms with Gasteiger partial charge in [-0.3, -0.25) is 9.78 Å². The first-order valence-corrected chi connectivity index (χ1v) is 9.63. The van der Waals surface area contributed by atoms with Gasteiger partial charge in [-0.25, -0.2) is 19.3 Å². The fraction of sp³-hybridized carbons (Fsp3) is 0. The average molecular weight is 436 g/mol. The van der Waals surface area contributed by atoms with Crippen LogP contribution in [0.2, 0.25) is 0 Å². The van der Waals surface area contributed by atoms with Gasteiger partial charge in [0, 0.05) is 28.4 Å². The van der Waals surface area contributed by atoms with Crippen molar-refractivity contribution in [2.75, 3.05) is 11.5 Å². The maximum Gasteiger partial charge on any atom is 0.290 e. The highest BCUT2D eigenvalue weighted by Gasteiger charge is 2.12. The van der Waals surface area contributed by atoms with Crippen LogP contribution in [0.25, 0.3) is 22.3 Å². The lowest BCUT2D eigenvalue weighted by atomic mass is 10.0. The minimum absolute atomic E-state index is 0.149. The topological polar surface area (TPSA) is 141 Å². The second kappa shape index (κ2) is 10.1. The molecule has 0 aliphatic carbocycles. The first-order chi connectivity index (χ1) is 15.0. The quantitative estimate of drug-likeness (QED) is 0.408. The first-order valence-electron chi connectivity index (χ1n) is 8.82. The molecular weight excluding hydrogens is 419 g/mol. The average Bonchev–Trinajstić information content (AvgIpc) is 2.75. The van der Waals surface area contributed by atoms with Crippen LogP contribution in [-0.2, 0) is 4.79 Å². The van der Waals surface area contributed by atoms with Crippen molar-refractivity contribution in [1.82, 2.24) is 19.9 Å². The summed E-state index contributed by atoms with van der Waals surface area (Å²) in [6.45, 7) is -0.250. The van der Waals surface area contributed by atoms with Gasteiger partial charge in [-0.1, -0.05) is 42.1 Å². The molecule has 2 aromatic heterocycles. The van der Waals surface area contributed by atoms with Crippen molar-refractivity contribution in [1.29, 1.82) is 0 Å². The number of benzene rings is 2. The Hall–Kier alpha value is -4.05. The highest BCUT2D eigenvalue weighted by molar-refractivity contribution is 7.99. The molecule has 0 saturated heterocycles. The van der Waals surface area contributed by atoms with E-state index in [2.05, 4.69) is 19.9 Å². The first kappa shape index (κ1) is 21.7. The van der Waals surface area contributed by atoms with Gasteiger partial charge in [0.1, 0.15) is 16.7 Å². The summed E-state index contributed by atoms with van der Waals surface area (Å²) in [4.78, 5) is 25.4. The van der Waals surface area contributed by atoms with Crippen LogP contribution in [0, 0.1) is 5.82 Å². The van der Waals surface area contributed by atoms with Gasteiger partial charge in [0.25, 0.3) is 6.47 Å². The molecule has 0 spiro atoms. The van der Waals surface area contributed by atoms with E-state index >= 15 is 0 Å². The molecule has 0 unspecified atom stereocenters. The fourth-order valence-electron chi connectivity index (χ4n) is 2.71. The van der Waals surface area contributed by atoms with Crippen molar-refractivity contribution < 1.29 is 14.3 Å². The summed E-state index contributed by atoms with van der Waals surface area (Å²) in [5, 5.41) is 7.56. The third-order valence-electron chi connectivity index (χ3n) is 4.00. The number of anilines is 2. The van der Waals surface area contributed by atoms with E-state index in [1.165, 1.54) is 36.4 Å². The van der Waals surface area contributed by atoms with E-state index in [9.17, 15) is 4.39 Å². The Labute approximate surface area is 181 Å². The molecule has 0 radical (unpaired) electrons. The minimum Gasteiger partial charge on any atom is -0.483 e. The standard InChI is InChI=1S/C20H15FN6S.CH2O2/c21-16-7-12(5-6-14(16)13-8-25-20(23)26-9-13)15-3-1-2-4-17(15)28-19-11-24-10-18(22)27-19;2-1-3/h1-11H,(H2,22,27)(H2,23,25,26);1H,(H,2,3). The summed E-state index contributed by atoms with van der Waals surface area (Å²) in [6, 6.07) is 12.8. The summed E-state index contributed by atoms with van der Waals surface area (Å²) in [5.41, 5.74) is 13.8. The Morgan fingerprint density at radius 2 is 1.65 bits per heavy atom. The lowest BCUT2D eigenvalue weighted by Crippen LogP contribution is -1.95. The number of nitrogen functional groups attached to an aromatic ring is 2. The van der Waals surface area contributed by atoms with Gasteiger partial charge in [-0.2, -0.15) is 0 Å². The molecule has 0 atom stereocenters. The third-order valence-corrected chi connectivity index (χ3v) is 4.98. The number of aromatic nitrogens is 4. The summed E-state index contributed by atoms with van der Waals surface area (Å²) in [6.07, 6.45) is 6.14. The zero-order chi connectivity index (χ0) is 22.2. The number of nitrogens with two attached hydrogens (primary N) is 2. The molecule has 0 amide bonds. The Kier molecular flexibility index (Phi) is 7.07. The summed E-state index contributed by atoms with van der Waals surface area (Å²) >= 11 is 1.42. The number of carboxylic acid groups (broad SMARTS) is 1. The second-order valence-corrected chi connectivity index (χ2v) is 7.07. The number of nitrogens with zero attached hydrogens (tertiary/aromatic N) is 4. The van der Waals surface area contributed by atoms with Crippen LogP contribution in [0.1, 0.15) is 0 Å². The van der Waals surface area contributed by atoms with E-state index in [4.69, 9.17) is 21.4 Å². The highest BCUT2D eigenvalue weighted by Crippen LogP contribution is 2.36. The molecule has 0 saturated carbocycles. The smallest absolute Gasteiger partial charge is 0.290 e. The summed E-state index contributed by atoms with van der Waals surface area (Å²) in [5.74, 6) is 0.134. The number of hydrogen-bond acceptors (Lipinski definition) is 8. The van der Waals surface area contributed by atoms with Gasteiger partial charge < -0.3 is 16.6 Å². The van der Waals surface area contributed by atoms with Crippen LogP contribution >= 0.6 is 11.8 Å². The van der Waals surface area contributed by atoms with Crippen LogP contribution in [0.5, 0.6) is 0 Å². The predicted octanol–water partition coefficient (Wildman–Crippen LogP) is 3.76. The Balaban J connectivity index is 0.000000858. The molecule has 0 fully saturated rings. The second-order valence-electron chi connectivity index (χ2n) is 6.01. The molecule has 31 heavy (non-hydrogen) atoms. The minimum atomic E-state index is -0.366. The molecule has 0 aliphatic heterocycles. The normalized spacial score (nSPS) is 10.1. The zero-order valence-electron chi connectivity index (χ0n) is 16.0. The molecule has 5 N–H and O–H groups in total. The molecule has 4 aromatic rings. The summed E-state index contributed by atoms with van der Waals surface area (Å²) < 4.78 is 14.8. The van der Waals surface area contributed by atoms with Crippen LogP contribution in [0.4, 0.5) is 16.2 Å². The molecule has 0 bridgehead atoms. The van der Waals surface area contributed by atoms with E-state index in [-0.39, 0.29) is 18.2 Å². The molecule has 8 nitrogen and oxygen atoms in total. The van der Waals surface area contributed by atoms with Crippen LogP contribution in [0.15, 0.2) is 77.2 Å². The molecule has 156 valence electrons. The van der Waals surface area contributed by atoms with Crippen molar-refractivity contribution >= 4 is 30.0 Å². The zero-order valence-corrected chi connectivity index (χ0v) is 16.8. The number of hydrogen-bond donors (Lipinski definition) is 3. The SMILES string of the molecule is Nc1cncc(Sc2ccccc2-c2ccc(-c3cnc(N)nc3)c(F)c2)n1.O=CO. The van der Waals surface area contributed by atoms with E-state index in [0.29, 0.717) is 22.0 Å². The Morgan fingerprint density at radius 3 is 2.32 bits per heavy atom. The van der Waals surface area contributed by atoms with Gasteiger partial charge in [0.05, 0.1) is 12.4 Å². The fourth-order valence-corrected chi connectivity index (χ4v) is 3.64. The third kappa shape index (κ3) is 5.52. The van der Waals surface area contributed by atoms with Crippen LogP contribution in [0.3, 0.4) is 0 Å². The Morgan fingerprint density at radius 1 is 0.935 bits per heavy atom. The van der Waals surface area contributed by atoms with E-state index < -0.39 is 0 Å². The van der Waals surface area contributed by atoms with Crippen LogP contribution in [-0.4, -0.2) is 31.5 Å². The van der Waals surface area contributed by atoms with Crippen molar-refractivity contribution in [3.8, 4) is 22.3 Å². The Bertz CT molecular complexity index is 1190. The van der Waals surface area contributed by atoms with E-state index in [1.807, 2.05) is 30.3 Å². The van der Waals surface area contributed by atoms with E-state index in [0.717, 1.165) is 16.0 Å². The number of halogens is 1. The van der Waals surface area contributed by atoms with Gasteiger partial charge in [0.2, 0.25) is 5.95 Å². The maximum absolute atomic E-state index is 14.8. The molecular formula is C21H17FN6O2S. The number of carbonyl (C=O) groups is 1. The van der Waals surface area contributed by atoms with E-state index in [1.54, 1.807) is 12.3 Å². The van der Waals surface area contributed by atoms with Crippen LogP contribution < -0.4 is 11.5 Å². The monoisotopic (exact) mass is 436 g/mol. The van der Waals surface area contributed by atoms with Crippen molar-refractivity contribution in [3.63, 3.8) is 0 Å². The van der Waals surface area contributed by atoms with Gasteiger partial charge in [-0.15, -0.1) is 0 Å². The van der Waals surface area contributed by atoms with Gasteiger partial charge >= 0.3 is 0 Å². The lowest BCUT2D eigenvalue weighted by Gasteiger charge is -2.11. The maximum atomic E-state index is 14.8. The molecule has 2 heterocycles.